The average Bonchev–Trinajstić information content (AvgIpc) is 2.26. The van der Waals surface area contributed by atoms with Crippen LogP contribution in [-0.2, 0) is 6.42 Å². The highest BCUT2D eigenvalue weighted by molar-refractivity contribution is 6.44. The average molecular weight is 280 g/mol. The van der Waals surface area contributed by atoms with Crippen molar-refractivity contribution in [3.63, 3.8) is 0 Å². The topological polar surface area (TPSA) is 0 Å². The summed E-state index contributed by atoms with van der Waals surface area (Å²) in [5, 5.41) is 0. The van der Waals surface area contributed by atoms with E-state index in [0.717, 1.165) is 19.3 Å². The highest BCUT2D eigenvalue weighted by Crippen LogP contribution is 2.25. The van der Waals surface area contributed by atoms with Crippen LogP contribution in [0.4, 0.5) is 0 Å². The molecule has 0 spiro atoms. The van der Waals surface area contributed by atoms with Gasteiger partial charge in [0.2, 0.25) is 0 Å². The summed E-state index contributed by atoms with van der Waals surface area (Å²) >= 11 is 17.7. The van der Waals surface area contributed by atoms with Gasteiger partial charge in [-0.25, -0.2) is 0 Å². The first-order valence-corrected chi connectivity index (χ1v) is 6.94. The van der Waals surface area contributed by atoms with Crippen molar-refractivity contribution in [2.75, 3.05) is 5.88 Å². The SMILES string of the molecule is Cc1ccc(CC(CCCCl)C(Cl)Cl)cc1. The van der Waals surface area contributed by atoms with Gasteiger partial charge in [-0.2, -0.15) is 0 Å². The molecule has 1 rings (SSSR count). The molecule has 1 atom stereocenters. The van der Waals surface area contributed by atoms with E-state index in [-0.39, 0.29) is 4.84 Å². The van der Waals surface area contributed by atoms with E-state index >= 15 is 0 Å². The maximum atomic E-state index is 5.98. The van der Waals surface area contributed by atoms with Gasteiger partial charge in [0, 0.05) is 5.88 Å². The van der Waals surface area contributed by atoms with Crippen LogP contribution in [0.2, 0.25) is 0 Å². The number of aryl methyl sites for hydroxylation is 1. The van der Waals surface area contributed by atoms with E-state index in [1.807, 2.05) is 0 Å². The lowest BCUT2D eigenvalue weighted by molar-refractivity contribution is 0.509. The van der Waals surface area contributed by atoms with Crippen LogP contribution in [0, 0.1) is 12.8 Å². The van der Waals surface area contributed by atoms with Crippen LogP contribution in [-0.4, -0.2) is 10.7 Å². The smallest absolute Gasteiger partial charge is 0.110 e. The van der Waals surface area contributed by atoms with Crippen LogP contribution < -0.4 is 0 Å². The Bertz CT molecular complexity index is 293. The third kappa shape index (κ3) is 4.95. The Balaban J connectivity index is 2.57. The molecule has 0 aliphatic rings. The second kappa shape index (κ2) is 7.42. The molecule has 1 aromatic carbocycles. The molecule has 0 aromatic heterocycles. The van der Waals surface area contributed by atoms with Crippen molar-refractivity contribution in [2.45, 2.75) is 31.0 Å². The number of hydrogen-bond acceptors (Lipinski definition) is 0. The van der Waals surface area contributed by atoms with Gasteiger partial charge in [0.1, 0.15) is 4.84 Å². The quantitative estimate of drug-likeness (QED) is 0.645. The Morgan fingerprint density at radius 2 is 1.75 bits per heavy atom. The highest BCUT2D eigenvalue weighted by atomic mass is 35.5. The van der Waals surface area contributed by atoms with Crippen LogP contribution >= 0.6 is 34.8 Å². The molecule has 3 heteroatoms. The molecule has 1 aromatic rings. The van der Waals surface area contributed by atoms with Gasteiger partial charge in [-0.15, -0.1) is 34.8 Å². The van der Waals surface area contributed by atoms with E-state index in [1.165, 1.54) is 11.1 Å². The predicted octanol–water partition coefficient (Wildman–Crippen LogP) is 4.98. The molecular formula is C13H17Cl3. The number of rotatable bonds is 6. The summed E-state index contributed by atoms with van der Waals surface area (Å²) in [5.74, 6) is 0.968. The number of benzene rings is 1. The van der Waals surface area contributed by atoms with Gasteiger partial charge >= 0.3 is 0 Å². The lowest BCUT2D eigenvalue weighted by Crippen LogP contribution is -2.13. The number of alkyl halides is 3. The lowest BCUT2D eigenvalue weighted by atomic mass is 9.96. The zero-order chi connectivity index (χ0) is 12.0. The Hall–Kier alpha value is 0.0900. The van der Waals surface area contributed by atoms with Crippen molar-refractivity contribution in [3.8, 4) is 0 Å². The lowest BCUT2D eigenvalue weighted by Gasteiger charge is -2.17. The Labute approximate surface area is 113 Å². The van der Waals surface area contributed by atoms with Crippen LogP contribution in [0.15, 0.2) is 24.3 Å². The molecule has 0 saturated heterocycles. The van der Waals surface area contributed by atoms with Gasteiger partial charge in [-0.1, -0.05) is 29.8 Å². The first kappa shape index (κ1) is 14.2. The molecule has 0 bridgehead atoms. The van der Waals surface area contributed by atoms with Gasteiger partial charge in [-0.05, 0) is 37.7 Å². The third-order valence-electron chi connectivity index (χ3n) is 2.68. The molecule has 0 aliphatic heterocycles. The molecule has 0 aliphatic carbocycles. The van der Waals surface area contributed by atoms with Crippen molar-refractivity contribution in [2.24, 2.45) is 5.92 Å². The van der Waals surface area contributed by atoms with Crippen LogP contribution in [0.1, 0.15) is 24.0 Å². The first-order chi connectivity index (χ1) is 7.63. The molecule has 90 valence electrons. The minimum atomic E-state index is -0.315. The summed E-state index contributed by atoms with van der Waals surface area (Å²) in [5.41, 5.74) is 2.56. The maximum absolute atomic E-state index is 5.98. The zero-order valence-corrected chi connectivity index (χ0v) is 11.7. The summed E-state index contributed by atoms with van der Waals surface area (Å²) in [6.07, 6.45) is 2.87. The molecule has 0 amide bonds. The Morgan fingerprint density at radius 1 is 1.12 bits per heavy atom. The van der Waals surface area contributed by atoms with Gasteiger partial charge in [0.25, 0.3) is 0 Å². The van der Waals surface area contributed by atoms with E-state index in [1.54, 1.807) is 0 Å². The minimum Gasteiger partial charge on any atom is -0.127 e. The van der Waals surface area contributed by atoms with E-state index in [4.69, 9.17) is 34.8 Å². The van der Waals surface area contributed by atoms with Crippen molar-refractivity contribution >= 4 is 34.8 Å². The van der Waals surface area contributed by atoms with Crippen molar-refractivity contribution in [1.29, 1.82) is 0 Å². The minimum absolute atomic E-state index is 0.296. The summed E-state index contributed by atoms with van der Waals surface area (Å²) in [6.45, 7) is 2.08. The summed E-state index contributed by atoms with van der Waals surface area (Å²) in [7, 11) is 0. The second-order valence-corrected chi connectivity index (χ2v) is 5.66. The molecule has 0 N–H and O–H groups in total. The van der Waals surface area contributed by atoms with E-state index < -0.39 is 0 Å². The molecule has 0 fully saturated rings. The molecule has 0 heterocycles. The largest absolute Gasteiger partial charge is 0.127 e. The number of hydrogen-bond donors (Lipinski definition) is 0. The van der Waals surface area contributed by atoms with E-state index in [9.17, 15) is 0 Å². The van der Waals surface area contributed by atoms with Gasteiger partial charge in [0.05, 0.1) is 0 Å². The van der Waals surface area contributed by atoms with Crippen LogP contribution in [0.5, 0.6) is 0 Å². The molecule has 0 radical (unpaired) electrons. The first-order valence-electron chi connectivity index (χ1n) is 5.53. The summed E-state index contributed by atoms with van der Waals surface area (Å²) in [6, 6.07) is 8.51. The highest BCUT2D eigenvalue weighted by Gasteiger charge is 2.16. The summed E-state index contributed by atoms with van der Waals surface area (Å²) in [4.78, 5) is -0.315. The molecule has 0 nitrogen and oxygen atoms in total. The van der Waals surface area contributed by atoms with Gasteiger partial charge in [-0.3, -0.25) is 0 Å². The number of halogens is 3. The van der Waals surface area contributed by atoms with Crippen molar-refractivity contribution in [3.05, 3.63) is 35.4 Å². The standard InChI is InChI=1S/C13H17Cl3/c1-10-4-6-11(7-5-10)9-12(13(15)16)3-2-8-14/h4-7,12-13H,2-3,8-9H2,1H3. The van der Waals surface area contributed by atoms with Crippen molar-refractivity contribution in [1.82, 2.24) is 0 Å². The zero-order valence-electron chi connectivity index (χ0n) is 9.43. The molecule has 0 saturated carbocycles. The normalized spacial score (nSPS) is 13.1. The van der Waals surface area contributed by atoms with E-state index in [0.29, 0.717) is 11.8 Å². The van der Waals surface area contributed by atoms with Crippen LogP contribution in [0.3, 0.4) is 0 Å². The fourth-order valence-electron chi connectivity index (χ4n) is 1.68. The molecule has 16 heavy (non-hydrogen) atoms. The van der Waals surface area contributed by atoms with Crippen LogP contribution in [0.25, 0.3) is 0 Å². The van der Waals surface area contributed by atoms with Gasteiger partial charge in [0.15, 0.2) is 0 Å². The van der Waals surface area contributed by atoms with Gasteiger partial charge < -0.3 is 0 Å². The van der Waals surface area contributed by atoms with Crippen molar-refractivity contribution < 1.29 is 0 Å². The monoisotopic (exact) mass is 278 g/mol. The third-order valence-corrected chi connectivity index (χ3v) is 3.66. The van der Waals surface area contributed by atoms with E-state index in [2.05, 4.69) is 31.2 Å². The fourth-order valence-corrected chi connectivity index (χ4v) is 2.27. The summed E-state index contributed by atoms with van der Waals surface area (Å²) < 4.78 is 0. The fraction of sp³-hybridized carbons (Fsp3) is 0.538. The molecule has 1 unspecified atom stereocenters. The molecular weight excluding hydrogens is 263 g/mol. The maximum Gasteiger partial charge on any atom is 0.110 e. The Kier molecular flexibility index (Phi) is 6.57. The Morgan fingerprint density at radius 3 is 2.25 bits per heavy atom. The predicted molar refractivity (Wildman–Crippen MR) is 73.8 cm³/mol. The second-order valence-electron chi connectivity index (χ2n) is 4.12.